The predicted molar refractivity (Wildman–Crippen MR) is 78.1 cm³/mol. The van der Waals surface area contributed by atoms with Crippen molar-refractivity contribution in [2.45, 2.75) is 39.8 Å². The van der Waals surface area contributed by atoms with Gasteiger partial charge in [0.05, 0.1) is 13.1 Å². The molecule has 1 aromatic carbocycles. The molecule has 2 rings (SSSR count). The minimum atomic E-state index is -0.699. The van der Waals surface area contributed by atoms with Crippen LogP contribution in [0.4, 0.5) is 0 Å². The van der Waals surface area contributed by atoms with Crippen molar-refractivity contribution in [1.82, 2.24) is 9.34 Å². The van der Waals surface area contributed by atoms with Gasteiger partial charge in [0.1, 0.15) is 5.30 Å². The van der Waals surface area contributed by atoms with E-state index in [2.05, 4.69) is 67.4 Å². The van der Waals surface area contributed by atoms with Crippen molar-refractivity contribution in [1.29, 1.82) is 0 Å². The molecule has 94 valence electrons. The number of benzene rings is 1. The maximum absolute atomic E-state index is 2.69. The van der Waals surface area contributed by atoms with Gasteiger partial charge in [-0.3, -0.25) is 0 Å². The van der Waals surface area contributed by atoms with Crippen molar-refractivity contribution >= 4 is 13.5 Å². The summed E-state index contributed by atoms with van der Waals surface area (Å²) in [6.07, 6.45) is 0. The molecule has 0 unspecified atom stereocenters. The Kier molecular flexibility index (Phi) is 4.19. The fraction of sp³-hybridized carbons (Fsp3) is 0.571. The first-order valence-corrected chi connectivity index (χ1v) is 7.96. The fourth-order valence-corrected chi connectivity index (χ4v) is 5.60. The highest BCUT2D eigenvalue weighted by atomic mass is 31.1. The Morgan fingerprint density at radius 1 is 0.882 bits per heavy atom. The van der Waals surface area contributed by atoms with Gasteiger partial charge < -0.3 is 0 Å². The Morgan fingerprint density at radius 3 is 1.76 bits per heavy atom. The monoisotopic (exact) mass is 251 g/mol. The molecule has 1 fully saturated rings. The van der Waals surface area contributed by atoms with Gasteiger partial charge in [0.15, 0.2) is 8.22 Å². The van der Waals surface area contributed by atoms with Gasteiger partial charge in [-0.2, -0.15) is 9.34 Å². The van der Waals surface area contributed by atoms with Crippen molar-refractivity contribution in [3.8, 4) is 0 Å². The van der Waals surface area contributed by atoms with Crippen LogP contribution in [-0.4, -0.2) is 34.5 Å². The SMILES string of the molecule is CC(C)N1CCN(C(C)C)[PH+]1c1ccccc1. The van der Waals surface area contributed by atoms with E-state index in [1.165, 1.54) is 18.4 Å². The summed E-state index contributed by atoms with van der Waals surface area (Å²) in [4.78, 5) is 0. The molecule has 3 heteroatoms. The molecule has 2 nitrogen and oxygen atoms in total. The first-order valence-electron chi connectivity index (χ1n) is 6.57. The number of nitrogens with zero attached hydrogens (tertiary/aromatic N) is 2. The van der Waals surface area contributed by atoms with Gasteiger partial charge in [-0.15, -0.1) is 0 Å². The van der Waals surface area contributed by atoms with E-state index in [9.17, 15) is 0 Å². The van der Waals surface area contributed by atoms with E-state index in [0.29, 0.717) is 12.1 Å². The topological polar surface area (TPSA) is 6.48 Å². The number of rotatable bonds is 3. The smallest absolute Gasteiger partial charge is 0.157 e. The van der Waals surface area contributed by atoms with Gasteiger partial charge in [-0.05, 0) is 39.8 Å². The Morgan fingerprint density at radius 2 is 1.35 bits per heavy atom. The van der Waals surface area contributed by atoms with E-state index in [-0.39, 0.29) is 0 Å². The van der Waals surface area contributed by atoms with Crippen LogP contribution in [0, 0.1) is 0 Å². The van der Waals surface area contributed by atoms with Crippen LogP contribution < -0.4 is 5.30 Å². The second-order valence-electron chi connectivity index (χ2n) is 5.26. The second kappa shape index (κ2) is 5.48. The molecule has 0 amide bonds. The lowest BCUT2D eigenvalue weighted by Gasteiger charge is -2.26. The second-order valence-corrected chi connectivity index (χ2v) is 7.64. The highest BCUT2D eigenvalue weighted by Crippen LogP contribution is 2.49. The Balaban J connectivity index is 2.30. The van der Waals surface area contributed by atoms with Crippen LogP contribution in [0.25, 0.3) is 0 Å². The van der Waals surface area contributed by atoms with Crippen LogP contribution in [0.1, 0.15) is 27.7 Å². The van der Waals surface area contributed by atoms with Crippen molar-refractivity contribution < 1.29 is 0 Å². The summed E-state index contributed by atoms with van der Waals surface area (Å²) in [7, 11) is -0.699. The highest BCUT2D eigenvalue weighted by Gasteiger charge is 2.43. The summed E-state index contributed by atoms with van der Waals surface area (Å²) < 4.78 is 5.39. The minimum absolute atomic E-state index is 0.646. The summed E-state index contributed by atoms with van der Waals surface area (Å²) in [5.74, 6) is 0. The zero-order valence-electron chi connectivity index (χ0n) is 11.4. The molecule has 0 N–H and O–H groups in total. The lowest BCUT2D eigenvalue weighted by molar-refractivity contribution is 0.390. The maximum Gasteiger partial charge on any atom is 0.173 e. The van der Waals surface area contributed by atoms with Crippen LogP contribution in [0.5, 0.6) is 0 Å². The Bertz CT molecular complexity index is 334. The fourth-order valence-electron chi connectivity index (χ4n) is 2.52. The third-order valence-electron chi connectivity index (χ3n) is 3.40. The Labute approximate surface area is 106 Å². The quantitative estimate of drug-likeness (QED) is 0.762. The highest BCUT2D eigenvalue weighted by molar-refractivity contribution is 7.61. The van der Waals surface area contributed by atoms with E-state index in [1.54, 1.807) is 0 Å². The van der Waals surface area contributed by atoms with Crippen LogP contribution in [0.15, 0.2) is 30.3 Å². The average Bonchev–Trinajstić information content (AvgIpc) is 2.74. The molecular formula is C14H24N2P+. The summed E-state index contributed by atoms with van der Waals surface area (Å²) >= 11 is 0. The van der Waals surface area contributed by atoms with E-state index < -0.39 is 8.22 Å². The maximum atomic E-state index is 2.69. The molecule has 1 heterocycles. The summed E-state index contributed by atoms with van der Waals surface area (Å²) in [5.41, 5.74) is 0. The van der Waals surface area contributed by atoms with Crippen molar-refractivity contribution in [3.05, 3.63) is 30.3 Å². The van der Waals surface area contributed by atoms with Crippen LogP contribution in [0.3, 0.4) is 0 Å². The predicted octanol–water partition coefficient (Wildman–Crippen LogP) is 2.79. The molecule has 0 aliphatic carbocycles. The molecule has 0 radical (unpaired) electrons. The van der Waals surface area contributed by atoms with Crippen LogP contribution in [0.2, 0.25) is 0 Å². The van der Waals surface area contributed by atoms with Gasteiger partial charge in [0.2, 0.25) is 0 Å². The number of hydrogen-bond donors (Lipinski definition) is 0. The van der Waals surface area contributed by atoms with Gasteiger partial charge in [0.25, 0.3) is 0 Å². The third-order valence-corrected chi connectivity index (χ3v) is 6.82. The van der Waals surface area contributed by atoms with Gasteiger partial charge >= 0.3 is 0 Å². The molecule has 0 spiro atoms. The zero-order valence-corrected chi connectivity index (χ0v) is 12.4. The lowest BCUT2D eigenvalue weighted by atomic mass is 10.3. The Hall–Kier alpha value is -0.430. The molecule has 0 atom stereocenters. The molecule has 1 saturated heterocycles. The minimum Gasteiger partial charge on any atom is -0.157 e. The average molecular weight is 251 g/mol. The molecule has 1 aromatic rings. The molecule has 1 aliphatic rings. The van der Waals surface area contributed by atoms with Crippen molar-refractivity contribution in [3.63, 3.8) is 0 Å². The first kappa shape index (κ1) is 13.0. The summed E-state index contributed by atoms with van der Waals surface area (Å²) in [6, 6.07) is 12.3. The summed E-state index contributed by atoms with van der Waals surface area (Å²) in [5, 5.41) is 1.53. The third kappa shape index (κ3) is 2.70. The van der Waals surface area contributed by atoms with E-state index in [1.807, 2.05) is 0 Å². The normalized spacial score (nSPS) is 19.6. The summed E-state index contributed by atoms with van der Waals surface area (Å²) in [6.45, 7) is 11.7. The van der Waals surface area contributed by atoms with E-state index in [4.69, 9.17) is 0 Å². The van der Waals surface area contributed by atoms with Gasteiger partial charge in [-0.25, -0.2) is 0 Å². The molecule has 1 aliphatic heterocycles. The van der Waals surface area contributed by atoms with E-state index in [0.717, 1.165) is 0 Å². The molecule has 17 heavy (non-hydrogen) atoms. The van der Waals surface area contributed by atoms with Gasteiger partial charge in [0, 0.05) is 12.1 Å². The lowest BCUT2D eigenvalue weighted by Crippen LogP contribution is -2.30. The molecule has 0 aromatic heterocycles. The largest absolute Gasteiger partial charge is 0.173 e. The van der Waals surface area contributed by atoms with Gasteiger partial charge in [-0.1, -0.05) is 18.2 Å². The number of hydrogen-bond acceptors (Lipinski definition) is 2. The molecular weight excluding hydrogens is 227 g/mol. The molecule has 0 bridgehead atoms. The standard InChI is InChI=1S/C14H23N2P/c1-12(2)15-10-11-16(13(3)4)17(15)14-8-6-5-7-9-14/h5-9,12-13H,10-11H2,1-4H3/p+1. The first-order chi connectivity index (χ1) is 8.11. The zero-order chi connectivity index (χ0) is 12.4. The molecule has 0 saturated carbocycles. The van der Waals surface area contributed by atoms with Crippen LogP contribution in [-0.2, 0) is 0 Å². The van der Waals surface area contributed by atoms with Crippen molar-refractivity contribution in [2.75, 3.05) is 13.1 Å². The van der Waals surface area contributed by atoms with Crippen molar-refractivity contribution in [2.24, 2.45) is 0 Å². The van der Waals surface area contributed by atoms with E-state index >= 15 is 0 Å². The van der Waals surface area contributed by atoms with Crippen LogP contribution >= 0.6 is 8.22 Å².